The van der Waals surface area contributed by atoms with Crippen LogP contribution in [0.15, 0.2) is 91.0 Å². The lowest BCUT2D eigenvalue weighted by molar-refractivity contribution is -0.124. The predicted molar refractivity (Wildman–Crippen MR) is 124 cm³/mol. The van der Waals surface area contributed by atoms with Crippen molar-refractivity contribution in [1.82, 2.24) is 4.90 Å². The fourth-order valence-corrected chi connectivity index (χ4v) is 4.95. The van der Waals surface area contributed by atoms with Crippen LogP contribution in [0.1, 0.15) is 24.0 Å². The van der Waals surface area contributed by atoms with Crippen LogP contribution in [0.25, 0.3) is 0 Å². The summed E-state index contributed by atoms with van der Waals surface area (Å²) in [7, 11) is 0. The number of carbonyl (C=O) groups is 1. The standard InChI is InChI=1S/C27H30N2O2/c28-26(30)27(22-11-4-1-5-12-22,23-13-6-2-7-14-23)24-15-10-18-29(21-24)19-20-31-25-16-8-3-9-17-25/h1-9,11-14,16-17,24H,10,15,18-21H2,(H2,28,30)/t24-/m0/s1. The molecule has 0 unspecified atom stereocenters. The maximum Gasteiger partial charge on any atom is 0.232 e. The topological polar surface area (TPSA) is 55.6 Å². The lowest BCUT2D eigenvalue weighted by Gasteiger charge is -2.44. The highest BCUT2D eigenvalue weighted by Gasteiger charge is 2.48. The molecule has 4 rings (SSSR count). The van der Waals surface area contributed by atoms with E-state index >= 15 is 0 Å². The third-order valence-electron chi connectivity index (χ3n) is 6.38. The van der Waals surface area contributed by atoms with Gasteiger partial charge in [-0.15, -0.1) is 0 Å². The summed E-state index contributed by atoms with van der Waals surface area (Å²) in [4.78, 5) is 15.6. The summed E-state index contributed by atoms with van der Waals surface area (Å²) in [5.41, 5.74) is 7.31. The van der Waals surface area contributed by atoms with Crippen LogP contribution in [0, 0.1) is 5.92 Å². The maximum atomic E-state index is 13.2. The number of hydrogen-bond donors (Lipinski definition) is 1. The number of likely N-dealkylation sites (tertiary alicyclic amines) is 1. The highest BCUT2D eigenvalue weighted by atomic mass is 16.5. The van der Waals surface area contributed by atoms with E-state index in [1.807, 2.05) is 91.0 Å². The Morgan fingerprint density at radius 1 is 0.903 bits per heavy atom. The molecule has 4 heteroatoms. The van der Waals surface area contributed by atoms with Gasteiger partial charge in [0.2, 0.25) is 5.91 Å². The molecule has 1 aliphatic heterocycles. The van der Waals surface area contributed by atoms with Crippen LogP contribution in [-0.4, -0.2) is 37.0 Å². The molecule has 1 fully saturated rings. The van der Waals surface area contributed by atoms with Crippen LogP contribution < -0.4 is 10.5 Å². The highest BCUT2D eigenvalue weighted by Crippen LogP contribution is 2.43. The van der Waals surface area contributed by atoms with Crippen LogP contribution in [0.3, 0.4) is 0 Å². The second-order valence-electron chi connectivity index (χ2n) is 8.21. The van der Waals surface area contributed by atoms with Crippen molar-refractivity contribution in [3.05, 3.63) is 102 Å². The molecular weight excluding hydrogens is 384 g/mol. The van der Waals surface area contributed by atoms with Crippen LogP contribution in [0.5, 0.6) is 5.75 Å². The van der Waals surface area contributed by atoms with E-state index in [4.69, 9.17) is 10.5 Å². The summed E-state index contributed by atoms with van der Waals surface area (Å²) in [6.45, 7) is 3.26. The third kappa shape index (κ3) is 4.49. The van der Waals surface area contributed by atoms with Gasteiger partial charge in [0, 0.05) is 13.1 Å². The second-order valence-corrected chi connectivity index (χ2v) is 8.21. The van der Waals surface area contributed by atoms with Crippen molar-refractivity contribution in [1.29, 1.82) is 0 Å². The number of nitrogens with two attached hydrogens (primary N) is 1. The van der Waals surface area contributed by atoms with Gasteiger partial charge in [-0.1, -0.05) is 78.9 Å². The Morgan fingerprint density at radius 3 is 2.00 bits per heavy atom. The van der Waals surface area contributed by atoms with Crippen molar-refractivity contribution in [2.45, 2.75) is 18.3 Å². The molecule has 1 saturated heterocycles. The van der Waals surface area contributed by atoms with E-state index < -0.39 is 5.41 Å². The van der Waals surface area contributed by atoms with Gasteiger partial charge in [0.05, 0.1) is 0 Å². The van der Waals surface area contributed by atoms with Gasteiger partial charge in [-0.3, -0.25) is 9.69 Å². The molecular formula is C27H30N2O2. The molecule has 2 N–H and O–H groups in total. The highest BCUT2D eigenvalue weighted by molar-refractivity contribution is 5.91. The minimum atomic E-state index is -0.846. The first-order valence-corrected chi connectivity index (χ1v) is 11.0. The van der Waals surface area contributed by atoms with Gasteiger partial charge in [-0.25, -0.2) is 0 Å². The third-order valence-corrected chi connectivity index (χ3v) is 6.38. The molecule has 160 valence electrons. The van der Waals surface area contributed by atoms with E-state index in [9.17, 15) is 4.79 Å². The number of amides is 1. The zero-order valence-electron chi connectivity index (χ0n) is 17.8. The summed E-state index contributed by atoms with van der Waals surface area (Å²) in [5.74, 6) is 0.702. The Labute approximate surface area is 184 Å². The molecule has 1 heterocycles. The number of ether oxygens (including phenoxy) is 1. The number of nitrogens with zero attached hydrogens (tertiary/aromatic N) is 1. The van der Waals surface area contributed by atoms with Crippen LogP contribution in [-0.2, 0) is 10.2 Å². The summed E-state index contributed by atoms with van der Waals surface area (Å²) in [6, 6.07) is 30.0. The lowest BCUT2D eigenvalue weighted by Crippen LogP contribution is -2.54. The zero-order chi connectivity index (χ0) is 21.5. The van der Waals surface area contributed by atoms with Crippen molar-refractivity contribution in [3.8, 4) is 5.75 Å². The molecule has 3 aromatic rings. The Hall–Kier alpha value is -3.11. The number of carbonyl (C=O) groups excluding carboxylic acids is 1. The number of hydrogen-bond acceptors (Lipinski definition) is 3. The number of rotatable bonds is 8. The lowest BCUT2D eigenvalue weighted by atomic mass is 9.63. The second kappa shape index (κ2) is 9.80. The van der Waals surface area contributed by atoms with Gasteiger partial charge in [-0.2, -0.15) is 0 Å². The average molecular weight is 415 g/mol. The first-order valence-electron chi connectivity index (χ1n) is 11.0. The molecule has 3 aromatic carbocycles. The molecule has 1 atom stereocenters. The van der Waals surface area contributed by atoms with Crippen molar-refractivity contribution in [2.24, 2.45) is 11.7 Å². The first-order chi connectivity index (χ1) is 15.2. The number of piperidine rings is 1. The average Bonchev–Trinajstić information content (AvgIpc) is 2.82. The van der Waals surface area contributed by atoms with Crippen molar-refractivity contribution in [3.63, 3.8) is 0 Å². The molecule has 0 bridgehead atoms. The largest absolute Gasteiger partial charge is 0.492 e. The zero-order valence-corrected chi connectivity index (χ0v) is 17.8. The Balaban J connectivity index is 1.58. The minimum absolute atomic E-state index is 0.0975. The molecule has 0 saturated carbocycles. The molecule has 1 amide bonds. The Kier molecular flexibility index (Phi) is 6.68. The quantitative estimate of drug-likeness (QED) is 0.600. The molecule has 0 aliphatic carbocycles. The normalized spacial score (nSPS) is 17.2. The van der Waals surface area contributed by atoms with Gasteiger partial charge in [0.1, 0.15) is 17.8 Å². The number of para-hydroxylation sites is 1. The van der Waals surface area contributed by atoms with Gasteiger partial charge in [0.15, 0.2) is 0 Å². The van der Waals surface area contributed by atoms with Crippen LogP contribution in [0.4, 0.5) is 0 Å². The molecule has 1 aliphatic rings. The number of primary amides is 1. The maximum absolute atomic E-state index is 13.2. The smallest absolute Gasteiger partial charge is 0.232 e. The van der Waals surface area contributed by atoms with E-state index in [1.54, 1.807) is 0 Å². The Bertz CT molecular complexity index is 921. The van der Waals surface area contributed by atoms with E-state index in [-0.39, 0.29) is 11.8 Å². The van der Waals surface area contributed by atoms with Crippen LogP contribution in [0.2, 0.25) is 0 Å². The van der Waals surface area contributed by atoms with E-state index in [1.165, 1.54) is 0 Å². The van der Waals surface area contributed by atoms with E-state index in [0.717, 1.165) is 49.4 Å². The van der Waals surface area contributed by atoms with Crippen molar-refractivity contribution in [2.75, 3.05) is 26.2 Å². The van der Waals surface area contributed by atoms with Crippen LogP contribution >= 0.6 is 0 Å². The predicted octanol–water partition coefficient (Wildman–Crippen LogP) is 4.25. The Morgan fingerprint density at radius 2 is 1.45 bits per heavy atom. The fourth-order valence-electron chi connectivity index (χ4n) is 4.95. The SMILES string of the molecule is NC(=O)C(c1ccccc1)(c1ccccc1)[C@H]1CCCN(CCOc2ccccc2)C1. The molecule has 0 aromatic heterocycles. The summed E-state index contributed by atoms with van der Waals surface area (Å²) < 4.78 is 5.91. The summed E-state index contributed by atoms with van der Waals surface area (Å²) in [5, 5.41) is 0. The first kappa shape index (κ1) is 21.1. The fraction of sp³-hybridized carbons (Fsp3) is 0.296. The minimum Gasteiger partial charge on any atom is -0.492 e. The molecule has 0 spiro atoms. The summed E-state index contributed by atoms with van der Waals surface area (Å²) >= 11 is 0. The van der Waals surface area contributed by atoms with Crippen molar-refractivity contribution < 1.29 is 9.53 Å². The summed E-state index contributed by atoms with van der Waals surface area (Å²) in [6.07, 6.45) is 1.99. The monoisotopic (exact) mass is 414 g/mol. The van der Waals surface area contributed by atoms with Gasteiger partial charge < -0.3 is 10.5 Å². The van der Waals surface area contributed by atoms with Crippen molar-refractivity contribution >= 4 is 5.91 Å². The van der Waals surface area contributed by atoms with Gasteiger partial charge in [-0.05, 0) is 48.6 Å². The molecule has 31 heavy (non-hydrogen) atoms. The van der Waals surface area contributed by atoms with Gasteiger partial charge in [0.25, 0.3) is 0 Å². The number of benzene rings is 3. The van der Waals surface area contributed by atoms with E-state index in [0.29, 0.717) is 6.61 Å². The molecule has 4 nitrogen and oxygen atoms in total. The molecule has 0 radical (unpaired) electrons. The van der Waals surface area contributed by atoms with Gasteiger partial charge >= 0.3 is 0 Å². The van der Waals surface area contributed by atoms with E-state index in [2.05, 4.69) is 4.90 Å².